The number of phosphoric acid groups is 2. The lowest BCUT2D eigenvalue weighted by molar-refractivity contribution is -0.161. The molecular formula is C77H150O17P2. The molecule has 0 spiro atoms. The van der Waals surface area contributed by atoms with Crippen LogP contribution in [0.4, 0.5) is 0 Å². The summed E-state index contributed by atoms with van der Waals surface area (Å²) in [6.07, 6.45) is 51.4. The van der Waals surface area contributed by atoms with Crippen molar-refractivity contribution in [2.45, 2.75) is 408 Å². The van der Waals surface area contributed by atoms with Gasteiger partial charge < -0.3 is 33.8 Å². The molecule has 0 radical (unpaired) electrons. The van der Waals surface area contributed by atoms with Gasteiger partial charge in [-0.05, 0) is 49.4 Å². The fourth-order valence-electron chi connectivity index (χ4n) is 11.7. The van der Waals surface area contributed by atoms with Crippen molar-refractivity contribution in [3.63, 3.8) is 0 Å². The molecule has 0 saturated heterocycles. The van der Waals surface area contributed by atoms with E-state index >= 15 is 0 Å². The quantitative estimate of drug-likeness (QED) is 0.0222. The molecule has 570 valence electrons. The van der Waals surface area contributed by atoms with Crippen molar-refractivity contribution >= 4 is 39.5 Å². The average Bonchev–Trinajstić information content (AvgIpc) is 1.47. The highest BCUT2D eigenvalue weighted by Crippen LogP contribution is 2.45. The van der Waals surface area contributed by atoms with Gasteiger partial charge in [-0.25, -0.2) is 9.13 Å². The molecule has 0 aromatic carbocycles. The van der Waals surface area contributed by atoms with Crippen molar-refractivity contribution in [3.8, 4) is 0 Å². The Labute approximate surface area is 588 Å². The van der Waals surface area contributed by atoms with E-state index in [0.717, 1.165) is 114 Å². The minimum absolute atomic E-state index is 0.105. The van der Waals surface area contributed by atoms with Gasteiger partial charge in [0.2, 0.25) is 0 Å². The molecule has 3 N–H and O–H groups in total. The maximum absolute atomic E-state index is 13.1. The predicted octanol–water partition coefficient (Wildman–Crippen LogP) is 22.4. The first-order chi connectivity index (χ1) is 46.1. The molecule has 0 aliphatic heterocycles. The Balaban J connectivity index is 5.22. The average molecular weight is 1410 g/mol. The van der Waals surface area contributed by atoms with Crippen molar-refractivity contribution in [2.24, 2.45) is 23.7 Å². The second kappa shape index (κ2) is 66.3. The van der Waals surface area contributed by atoms with E-state index in [9.17, 15) is 43.2 Å². The minimum Gasteiger partial charge on any atom is -0.462 e. The van der Waals surface area contributed by atoms with E-state index in [1.54, 1.807) is 0 Å². The highest BCUT2D eigenvalue weighted by Gasteiger charge is 2.30. The number of phosphoric ester groups is 2. The smallest absolute Gasteiger partial charge is 0.462 e. The Bertz CT molecular complexity index is 1890. The summed E-state index contributed by atoms with van der Waals surface area (Å²) in [7, 11) is -9.91. The van der Waals surface area contributed by atoms with Crippen LogP contribution in [-0.2, 0) is 65.4 Å². The van der Waals surface area contributed by atoms with Crippen molar-refractivity contribution in [3.05, 3.63) is 0 Å². The number of carbonyl (C=O) groups is 4. The van der Waals surface area contributed by atoms with Crippen LogP contribution >= 0.6 is 15.6 Å². The first-order valence-corrected chi connectivity index (χ1v) is 42.7. The van der Waals surface area contributed by atoms with Crippen LogP contribution in [0.5, 0.6) is 0 Å². The van der Waals surface area contributed by atoms with E-state index in [0.29, 0.717) is 31.6 Å². The molecule has 0 aromatic rings. The topological polar surface area (TPSA) is 237 Å². The molecule has 0 saturated carbocycles. The zero-order valence-corrected chi connectivity index (χ0v) is 64.8. The van der Waals surface area contributed by atoms with Crippen LogP contribution in [0.2, 0.25) is 0 Å². The molecule has 0 bridgehead atoms. The predicted molar refractivity (Wildman–Crippen MR) is 391 cm³/mol. The number of aliphatic hydroxyl groups is 1. The zero-order chi connectivity index (χ0) is 71.0. The van der Waals surface area contributed by atoms with Gasteiger partial charge in [0.05, 0.1) is 26.4 Å². The van der Waals surface area contributed by atoms with Gasteiger partial charge in [0.15, 0.2) is 12.2 Å². The highest BCUT2D eigenvalue weighted by molar-refractivity contribution is 7.47. The van der Waals surface area contributed by atoms with Gasteiger partial charge in [-0.2, -0.15) is 0 Å². The number of hydrogen-bond acceptors (Lipinski definition) is 15. The molecule has 0 aromatic heterocycles. The Morgan fingerprint density at radius 3 is 0.740 bits per heavy atom. The van der Waals surface area contributed by atoms with E-state index in [1.807, 2.05) is 0 Å². The molecule has 6 atom stereocenters. The largest absolute Gasteiger partial charge is 0.472 e. The van der Waals surface area contributed by atoms with E-state index in [4.69, 9.17) is 37.0 Å². The van der Waals surface area contributed by atoms with Gasteiger partial charge in [-0.1, -0.05) is 338 Å². The van der Waals surface area contributed by atoms with Gasteiger partial charge in [-0.3, -0.25) is 37.3 Å². The monoisotopic (exact) mass is 1410 g/mol. The van der Waals surface area contributed by atoms with Gasteiger partial charge in [0.1, 0.15) is 19.3 Å². The Kier molecular flexibility index (Phi) is 65.0. The number of ether oxygens (including phenoxy) is 4. The van der Waals surface area contributed by atoms with Crippen molar-refractivity contribution < 1.29 is 80.2 Å². The number of esters is 4. The molecule has 0 fully saturated rings. The van der Waals surface area contributed by atoms with Crippen LogP contribution < -0.4 is 0 Å². The van der Waals surface area contributed by atoms with Gasteiger partial charge in [0, 0.05) is 25.7 Å². The summed E-state index contributed by atoms with van der Waals surface area (Å²) in [5.41, 5.74) is 0. The summed E-state index contributed by atoms with van der Waals surface area (Å²) in [5.74, 6) is 0.958. The normalized spacial score (nSPS) is 14.4. The fourth-order valence-corrected chi connectivity index (χ4v) is 13.3. The molecule has 17 nitrogen and oxygen atoms in total. The molecular weight excluding hydrogens is 1260 g/mol. The van der Waals surface area contributed by atoms with E-state index in [-0.39, 0.29) is 25.7 Å². The zero-order valence-electron chi connectivity index (χ0n) is 63.0. The second-order valence-electron chi connectivity index (χ2n) is 29.4. The van der Waals surface area contributed by atoms with Gasteiger partial charge in [-0.15, -0.1) is 0 Å². The van der Waals surface area contributed by atoms with Crippen LogP contribution in [0.1, 0.15) is 389 Å². The van der Waals surface area contributed by atoms with Crippen LogP contribution in [0.3, 0.4) is 0 Å². The molecule has 96 heavy (non-hydrogen) atoms. The third-order valence-electron chi connectivity index (χ3n) is 18.2. The van der Waals surface area contributed by atoms with Gasteiger partial charge in [0.25, 0.3) is 0 Å². The second-order valence-corrected chi connectivity index (χ2v) is 32.3. The summed E-state index contributed by atoms with van der Waals surface area (Å²) >= 11 is 0. The summed E-state index contributed by atoms with van der Waals surface area (Å²) < 4.78 is 68.5. The van der Waals surface area contributed by atoms with E-state index in [1.165, 1.54) is 186 Å². The van der Waals surface area contributed by atoms with Crippen molar-refractivity contribution in [2.75, 3.05) is 39.6 Å². The van der Waals surface area contributed by atoms with Crippen molar-refractivity contribution in [1.82, 2.24) is 0 Å². The van der Waals surface area contributed by atoms with Crippen LogP contribution in [0.25, 0.3) is 0 Å². The maximum Gasteiger partial charge on any atom is 0.472 e. The fraction of sp³-hybridized carbons (Fsp3) is 0.948. The molecule has 0 heterocycles. The summed E-state index contributed by atoms with van der Waals surface area (Å²) in [6.45, 7) is 14.2. The Morgan fingerprint density at radius 2 is 0.500 bits per heavy atom. The first-order valence-electron chi connectivity index (χ1n) is 39.7. The molecule has 19 heteroatoms. The third-order valence-corrected chi connectivity index (χ3v) is 20.1. The maximum atomic E-state index is 13.1. The summed E-state index contributed by atoms with van der Waals surface area (Å²) in [4.78, 5) is 72.8. The lowest BCUT2D eigenvalue weighted by Crippen LogP contribution is -2.30. The lowest BCUT2D eigenvalue weighted by Gasteiger charge is -2.21. The van der Waals surface area contributed by atoms with Crippen LogP contribution in [0, 0.1) is 23.7 Å². The van der Waals surface area contributed by atoms with E-state index in [2.05, 4.69) is 55.4 Å². The van der Waals surface area contributed by atoms with E-state index < -0.39 is 97.5 Å². The summed E-state index contributed by atoms with van der Waals surface area (Å²) in [6, 6.07) is 0. The third kappa shape index (κ3) is 69.2. The number of hydrogen-bond donors (Lipinski definition) is 3. The molecule has 0 amide bonds. The molecule has 4 unspecified atom stereocenters. The van der Waals surface area contributed by atoms with Gasteiger partial charge >= 0.3 is 39.5 Å². The molecule has 0 aliphatic carbocycles. The Morgan fingerprint density at radius 1 is 0.292 bits per heavy atom. The van der Waals surface area contributed by atoms with Crippen molar-refractivity contribution in [1.29, 1.82) is 0 Å². The SMILES string of the molecule is CCC(C)CCCCCCCCCCCCCCCCC(=O)O[C@H](COC(=O)CCCCCCCCCC(C)C)COP(=O)(O)OCC(O)COP(=O)(O)OC[C@@H](COC(=O)CCCCCCCCCCCCCCCC(C)C)OC(=O)CCCCCCCCCCCC(C)C. The summed E-state index contributed by atoms with van der Waals surface area (Å²) in [5, 5.41) is 10.6. The van der Waals surface area contributed by atoms with Crippen LogP contribution in [-0.4, -0.2) is 96.7 Å². The number of aliphatic hydroxyl groups excluding tert-OH is 1. The van der Waals surface area contributed by atoms with Crippen LogP contribution in [0.15, 0.2) is 0 Å². The Hall–Kier alpha value is -1.94. The number of unbranched alkanes of at least 4 members (excludes halogenated alkanes) is 39. The number of carbonyl (C=O) groups excluding carboxylic acids is 4. The number of rotatable bonds is 74. The standard InChI is InChI=1S/C77H150O17P2/c1-9-70(8)56-48-40-32-24-18-14-10-11-15-20-26-34-43-51-59-76(81)93-73(64-88-75(80)58-50-42-36-28-31-39-47-55-69(6)7)66-92-96(85,86)90-62-71(78)61-89-95(83,84)91-65-72(94-77(82)60-52-44-35-27-21-23-30-38-46-54-68(4)5)63-87-74(79)57-49-41-33-25-19-16-12-13-17-22-29-37-45-53-67(2)3/h67-73,78H,9-66H2,1-8H3,(H,83,84)(H,85,86)/t70?,71?,72-,73-/m1/s1. The first kappa shape index (κ1) is 94.1. The highest BCUT2D eigenvalue weighted by atomic mass is 31.2. The molecule has 0 aliphatic rings. The molecule has 0 rings (SSSR count). The lowest BCUT2D eigenvalue weighted by atomic mass is 9.99. The minimum atomic E-state index is -4.96.